The van der Waals surface area contributed by atoms with Crippen LogP contribution in [0.5, 0.6) is 11.5 Å². The van der Waals surface area contributed by atoms with E-state index in [1.54, 1.807) is 23.1 Å². The van der Waals surface area contributed by atoms with Gasteiger partial charge in [0, 0.05) is 25.1 Å². The minimum absolute atomic E-state index is 0.0910. The minimum atomic E-state index is -1.03. The van der Waals surface area contributed by atoms with Crippen molar-refractivity contribution < 1.29 is 23.0 Å². The third-order valence-electron chi connectivity index (χ3n) is 5.34. The molecule has 0 bridgehead atoms. The zero-order valence-electron chi connectivity index (χ0n) is 17.3. The highest BCUT2D eigenvalue weighted by atomic mass is 19.2. The summed E-state index contributed by atoms with van der Waals surface area (Å²) < 4.78 is 37.7. The van der Waals surface area contributed by atoms with Gasteiger partial charge in [-0.15, -0.1) is 0 Å². The predicted molar refractivity (Wildman–Crippen MR) is 109 cm³/mol. The Morgan fingerprint density at radius 1 is 1.26 bits per heavy atom. The number of primary amides is 1. The maximum atomic E-state index is 13.4. The van der Waals surface area contributed by atoms with Gasteiger partial charge in [0.2, 0.25) is 0 Å². The maximum absolute atomic E-state index is 13.4. The zero-order chi connectivity index (χ0) is 22.5. The molecule has 2 atom stereocenters. The van der Waals surface area contributed by atoms with Gasteiger partial charge in [-0.2, -0.15) is 5.26 Å². The molecule has 9 heteroatoms. The van der Waals surface area contributed by atoms with Gasteiger partial charge in [0.25, 0.3) is 0 Å². The Bertz CT molecular complexity index is 995. The number of rotatable bonds is 7. The van der Waals surface area contributed by atoms with E-state index >= 15 is 0 Å². The van der Waals surface area contributed by atoms with E-state index in [-0.39, 0.29) is 35.9 Å². The van der Waals surface area contributed by atoms with Crippen molar-refractivity contribution in [3.63, 3.8) is 0 Å². The number of hydrogen-bond acceptors (Lipinski definition) is 5. The number of likely N-dealkylation sites (N-methyl/N-ethyl adjacent to an activating group) is 1. The monoisotopic (exact) mass is 430 g/mol. The van der Waals surface area contributed by atoms with Crippen molar-refractivity contribution in [2.75, 3.05) is 20.2 Å². The molecule has 1 aliphatic heterocycles. The van der Waals surface area contributed by atoms with Crippen LogP contribution in [-0.4, -0.2) is 48.2 Å². The van der Waals surface area contributed by atoms with Crippen LogP contribution in [-0.2, 0) is 11.3 Å². The Labute approximate surface area is 179 Å². The third-order valence-corrected chi connectivity index (χ3v) is 5.34. The summed E-state index contributed by atoms with van der Waals surface area (Å²) in [5.74, 6) is -1.68. The largest absolute Gasteiger partial charge is 0.456 e. The number of carbonyl (C=O) groups excluding carboxylic acids is 1. The SMILES string of the molecule is C[C@H]1CN(C(N)=O)C(CCOCc2ccc(Oc3ccc(F)c(F)c3)c(C#N)c2)N1C. The van der Waals surface area contributed by atoms with Crippen LogP contribution in [0.15, 0.2) is 36.4 Å². The lowest BCUT2D eigenvalue weighted by Crippen LogP contribution is -2.44. The van der Waals surface area contributed by atoms with Gasteiger partial charge in [0.15, 0.2) is 11.6 Å². The fraction of sp³-hybridized carbons (Fsp3) is 0.364. The predicted octanol–water partition coefficient (Wildman–Crippen LogP) is 3.58. The average Bonchev–Trinajstić information content (AvgIpc) is 3.03. The van der Waals surface area contributed by atoms with Gasteiger partial charge in [-0.25, -0.2) is 13.6 Å². The van der Waals surface area contributed by atoms with E-state index in [9.17, 15) is 18.8 Å². The van der Waals surface area contributed by atoms with Gasteiger partial charge in [-0.05, 0) is 43.8 Å². The summed E-state index contributed by atoms with van der Waals surface area (Å²) in [6.07, 6.45) is 0.487. The summed E-state index contributed by atoms with van der Waals surface area (Å²) in [5, 5.41) is 9.41. The van der Waals surface area contributed by atoms with E-state index in [1.807, 2.05) is 20.0 Å². The normalized spacial score (nSPS) is 18.7. The molecular formula is C22H24F2N4O3. The Morgan fingerprint density at radius 2 is 2.03 bits per heavy atom. The van der Waals surface area contributed by atoms with Crippen LogP contribution in [0, 0.1) is 23.0 Å². The summed E-state index contributed by atoms with van der Waals surface area (Å²) >= 11 is 0. The molecule has 2 aromatic rings. The molecule has 0 saturated carbocycles. The van der Waals surface area contributed by atoms with Crippen LogP contribution in [0.4, 0.5) is 13.6 Å². The number of nitrogens with two attached hydrogens (primary N) is 1. The lowest BCUT2D eigenvalue weighted by molar-refractivity contribution is 0.0748. The molecule has 2 amide bonds. The maximum Gasteiger partial charge on any atom is 0.316 e. The van der Waals surface area contributed by atoms with E-state index in [0.717, 1.165) is 17.7 Å². The number of halogens is 2. The average molecular weight is 430 g/mol. The van der Waals surface area contributed by atoms with Gasteiger partial charge < -0.3 is 20.1 Å². The van der Waals surface area contributed by atoms with Crippen molar-refractivity contribution >= 4 is 6.03 Å². The van der Waals surface area contributed by atoms with Crippen LogP contribution in [0.25, 0.3) is 0 Å². The number of amides is 2. The highest BCUT2D eigenvalue weighted by Gasteiger charge is 2.36. The quantitative estimate of drug-likeness (QED) is 0.678. The summed E-state index contributed by atoms with van der Waals surface area (Å²) in [6.45, 7) is 3.29. The zero-order valence-corrected chi connectivity index (χ0v) is 17.3. The van der Waals surface area contributed by atoms with E-state index in [1.165, 1.54) is 6.07 Å². The van der Waals surface area contributed by atoms with Crippen LogP contribution in [0.2, 0.25) is 0 Å². The minimum Gasteiger partial charge on any atom is -0.456 e. The van der Waals surface area contributed by atoms with Gasteiger partial charge in [0.1, 0.15) is 17.6 Å². The van der Waals surface area contributed by atoms with Crippen molar-refractivity contribution in [1.82, 2.24) is 9.80 Å². The highest BCUT2D eigenvalue weighted by molar-refractivity contribution is 5.72. The highest BCUT2D eigenvalue weighted by Crippen LogP contribution is 2.27. The van der Waals surface area contributed by atoms with Crippen molar-refractivity contribution in [1.29, 1.82) is 5.26 Å². The molecule has 31 heavy (non-hydrogen) atoms. The van der Waals surface area contributed by atoms with Crippen molar-refractivity contribution in [2.45, 2.75) is 32.2 Å². The van der Waals surface area contributed by atoms with Crippen LogP contribution in [0.3, 0.4) is 0 Å². The molecule has 3 rings (SSSR count). The van der Waals surface area contributed by atoms with Gasteiger partial charge in [-0.1, -0.05) is 6.07 Å². The Morgan fingerprint density at radius 3 is 2.71 bits per heavy atom. The summed E-state index contributed by atoms with van der Waals surface area (Å²) in [4.78, 5) is 15.3. The Kier molecular flexibility index (Phi) is 7.05. The molecule has 0 spiro atoms. The third kappa shape index (κ3) is 5.29. The molecule has 2 aromatic carbocycles. The number of hydrogen-bond donors (Lipinski definition) is 1. The number of carbonyl (C=O) groups is 1. The van der Waals surface area contributed by atoms with Gasteiger partial charge in [0.05, 0.1) is 24.9 Å². The van der Waals surface area contributed by atoms with E-state index in [4.69, 9.17) is 15.2 Å². The van der Waals surface area contributed by atoms with Crippen LogP contribution in [0.1, 0.15) is 24.5 Å². The van der Waals surface area contributed by atoms with Crippen molar-refractivity contribution in [3.8, 4) is 17.6 Å². The number of benzene rings is 2. The summed E-state index contributed by atoms with van der Waals surface area (Å²) in [7, 11) is 1.95. The Balaban J connectivity index is 1.57. The summed E-state index contributed by atoms with van der Waals surface area (Å²) in [5.41, 5.74) is 6.47. The summed E-state index contributed by atoms with van der Waals surface area (Å²) in [6, 6.07) is 9.90. The van der Waals surface area contributed by atoms with Gasteiger partial charge >= 0.3 is 6.03 Å². The van der Waals surface area contributed by atoms with E-state index in [2.05, 4.69) is 4.90 Å². The second-order valence-corrected chi connectivity index (χ2v) is 7.45. The topological polar surface area (TPSA) is 91.8 Å². The fourth-order valence-corrected chi connectivity index (χ4v) is 3.53. The van der Waals surface area contributed by atoms with E-state index < -0.39 is 17.7 Å². The molecule has 7 nitrogen and oxygen atoms in total. The van der Waals surface area contributed by atoms with Gasteiger partial charge in [-0.3, -0.25) is 4.90 Å². The molecule has 1 aliphatic rings. The first-order chi connectivity index (χ1) is 14.8. The molecule has 1 saturated heterocycles. The van der Waals surface area contributed by atoms with Crippen molar-refractivity contribution in [3.05, 3.63) is 59.2 Å². The first-order valence-corrected chi connectivity index (χ1v) is 9.82. The number of ether oxygens (including phenoxy) is 2. The number of urea groups is 1. The molecule has 0 aliphatic carbocycles. The van der Waals surface area contributed by atoms with E-state index in [0.29, 0.717) is 19.6 Å². The number of nitriles is 1. The smallest absolute Gasteiger partial charge is 0.316 e. The standard InChI is InChI=1S/C22H24F2N4O3/c1-14-12-28(22(26)29)21(27(14)2)7-8-30-13-15-3-6-20(16(9-15)11-25)31-17-4-5-18(23)19(24)10-17/h3-6,9-10,14,21H,7-8,12-13H2,1-2H3,(H2,26,29)/t14-,21?/m0/s1. The number of nitrogens with zero attached hydrogens (tertiary/aromatic N) is 3. The molecule has 0 aromatic heterocycles. The van der Waals surface area contributed by atoms with Crippen LogP contribution >= 0.6 is 0 Å². The molecule has 1 heterocycles. The van der Waals surface area contributed by atoms with Crippen LogP contribution < -0.4 is 10.5 Å². The first-order valence-electron chi connectivity index (χ1n) is 9.82. The molecule has 0 radical (unpaired) electrons. The molecular weight excluding hydrogens is 406 g/mol. The van der Waals surface area contributed by atoms with Crippen molar-refractivity contribution in [2.24, 2.45) is 5.73 Å². The molecule has 1 unspecified atom stereocenters. The lowest BCUT2D eigenvalue weighted by Gasteiger charge is -2.27. The molecule has 164 valence electrons. The second kappa shape index (κ2) is 9.73. The molecule has 2 N–H and O–H groups in total. The lowest BCUT2D eigenvalue weighted by atomic mass is 10.1. The fourth-order valence-electron chi connectivity index (χ4n) is 3.53. The molecule has 1 fully saturated rings. The first kappa shape index (κ1) is 22.5. The Hall–Kier alpha value is -3.22. The second-order valence-electron chi connectivity index (χ2n) is 7.45.